The minimum atomic E-state index is 0.468. The Kier molecular flexibility index (Phi) is 6.16. The lowest BCUT2D eigenvalue weighted by atomic mass is 10.0. The first-order chi connectivity index (χ1) is 7.77. The highest BCUT2D eigenvalue weighted by atomic mass is 15.2. The van der Waals surface area contributed by atoms with Crippen LogP contribution in [0.5, 0.6) is 0 Å². The van der Waals surface area contributed by atoms with Gasteiger partial charge in [-0.15, -0.1) is 0 Å². The summed E-state index contributed by atoms with van der Waals surface area (Å²) in [6, 6.07) is 0.468. The van der Waals surface area contributed by atoms with Crippen LogP contribution in [-0.4, -0.2) is 16.8 Å². The van der Waals surface area contributed by atoms with Crippen LogP contribution in [0.25, 0.3) is 0 Å². The van der Waals surface area contributed by atoms with Gasteiger partial charge in [-0.05, 0) is 13.5 Å². The SMILES string of the molecule is CCCCCCCC(NC)c1cnn(C)c1. The molecule has 0 fully saturated rings. The minimum Gasteiger partial charge on any atom is -0.313 e. The fraction of sp³-hybridized carbons (Fsp3) is 0.769. The van der Waals surface area contributed by atoms with E-state index in [1.165, 1.54) is 44.1 Å². The molecule has 0 spiro atoms. The van der Waals surface area contributed by atoms with Gasteiger partial charge in [-0.1, -0.05) is 39.0 Å². The Morgan fingerprint density at radius 2 is 2.06 bits per heavy atom. The van der Waals surface area contributed by atoms with Gasteiger partial charge in [0.05, 0.1) is 6.20 Å². The third-order valence-corrected chi connectivity index (χ3v) is 3.07. The Bertz CT molecular complexity index is 280. The maximum atomic E-state index is 4.22. The van der Waals surface area contributed by atoms with Gasteiger partial charge >= 0.3 is 0 Å². The molecule has 1 aromatic heterocycles. The molecule has 0 radical (unpaired) electrons. The average molecular weight is 223 g/mol. The van der Waals surface area contributed by atoms with E-state index in [2.05, 4.69) is 23.5 Å². The molecule has 3 heteroatoms. The van der Waals surface area contributed by atoms with Crippen molar-refractivity contribution in [1.82, 2.24) is 15.1 Å². The molecule has 1 N–H and O–H groups in total. The van der Waals surface area contributed by atoms with Gasteiger partial charge in [0.15, 0.2) is 0 Å². The zero-order chi connectivity index (χ0) is 11.8. The summed E-state index contributed by atoms with van der Waals surface area (Å²) >= 11 is 0. The van der Waals surface area contributed by atoms with Crippen molar-refractivity contribution in [2.45, 2.75) is 51.5 Å². The molecule has 1 aromatic rings. The predicted octanol–water partition coefficient (Wildman–Crippen LogP) is 3.04. The third kappa shape index (κ3) is 4.35. The summed E-state index contributed by atoms with van der Waals surface area (Å²) in [6.07, 6.45) is 12.0. The van der Waals surface area contributed by atoms with Gasteiger partial charge in [-0.2, -0.15) is 5.10 Å². The number of nitrogens with zero attached hydrogens (tertiary/aromatic N) is 2. The Labute approximate surface area is 99.2 Å². The number of unbranched alkanes of at least 4 members (excludes halogenated alkanes) is 4. The number of rotatable bonds is 8. The topological polar surface area (TPSA) is 29.9 Å². The monoisotopic (exact) mass is 223 g/mol. The lowest BCUT2D eigenvalue weighted by molar-refractivity contribution is 0.500. The molecule has 0 saturated carbocycles. The van der Waals surface area contributed by atoms with E-state index in [0.29, 0.717) is 6.04 Å². The molecule has 92 valence electrons. The summed E-state index contributed by atoms with van der Waals surface area (Å²) in [5, 5.41) is 7.59. The van der Waals surface area contributed by atoms with Crippen LogP contribution in [0.3, 0.4) is 0 Å². The van der Waals surface area contributed by atoms with Crippen molar-refractivity contribution >= 4 is 0 Å². The quantitative estimate of drug-likeness (QED) is 0.686. The molecule has 0 aliphatic carbocycles. The summed E-state index contributed by atoms with van der Waals surface area (Å²) in [4.78, 5) is 0. The zero-order valence-electron chi connectivity index (χ0n) is 10.9. The maximum Gasteiger partial charge on any atom is 0.0537 e. The average Bonchev–Trinajstić information content (AvgIpc) is 2.70. The van der Waals surface area contributed by atoms with E-state index in [-0.39, 0.29) is 0 Å². The van der Waals surface area contributed by atoms with Crippen LogP contribution < -0.4 is 5.32 Å². The van der Waals surface area contributed by atoms with E-state index in [9.17, 15) is 0 Å². The van der Waals surface area contributed by atoms with E-state index in [0.717, 1.165) is 0 Å². The van der Waals surface area contributed by atoms with Crippen LogP contribution in [0, 0.1) is 0 Å². The number of aryl methyl sites for hydroxylation is 1. The van der Waals surface area contributed by atoms with Gasteiger partial charge < -0.3 is 5.32 Å². The number of hydrogen-bond acceptors (Lipinski definition) is 2. The van der Waals surface area contributed by atoms with Crippen molar-refractivity contribution in [3.63, 3.8) is 0 Å². The van der Waals surface area contributed by atoms with Crippen molar-refractivity contribution in [3.05, 3.63) is 18.0 Å². The Morgan fingerprint density at radius 3 is 2.62 bits per heavy atom. The second-order valence-corrected chi connectivity index (χ2v) is 4.49. The molecule has 0 saturated heterocycles. The van der Waals surface area contributed by atoms with Gasteiger partial charge in [-0.3, -0.25) is 4.68 Å². The Balaban J connectivity index is 2.27. The Hall–Kier alpha value is -0.830. The van der Waals surface area contributed by atoms with Crippen LogP contribution >= 0.6 is 0 Å². The summed E-state index contributed by atoms with van der Waals surface area (Å²) in [5.74, 6) is 0. The highest BCUT2D eigenvalue weighted by molar-refractivity contribution is 5.09. The first-order valence-electron chi connectivity index (χ1n) is 6.43. The summed E-state index contributed by atoms with van der Waals surface area (Å²) in [6.45, 7) is 2.26. The number of nitrogens with one attached hydrogen (secondary N) is 1. The molecular formula is C13H25N3. The second-order valence-electron chi connectivity index (χ2n) is 4.49. The normalized spacial score (nSPS) is 12.9. The molecule has 0 aromatic carbocycles. The second kappa shape index (κ2) is 7.44. The van der Waals surface area contributed by atoms with E-state index in [1.54, 1.807) is 0 Å². The molecule has 1 unspecified atom stereocenters. The predicted molar refractivity (Wildman–Crippen MR) is 68.4 cm³/mol. The van der Waals surface area contributed by atoms with Gasteiger partial charge in [0, 0.05) is 24.8 Å². The molecule has 1 heterocycles. The molecule has 0 amide bonds. The smallest absolute Gasteiger partial charge is 0.0537 e. The molecule has 0 aliphatic rings. The van der Waals surface area contributed by atoms with Gasteiger partial charge in [-0.25, -0.2) is 0 Å². The van der Waals surface area contributed by atoms with Crippen LogP contribution in [0.15, 0.2) is 12.4 Å². The molecule has 16 heavy (non-hydrogen) atoms. The summed E-state index contributed by atoms with van der Waals surface area (Å²) in [7, 11) is 4.00. The molecule has 1 atom stereocenters. The molecule has 0 aliphatic heterocycles. The highest BCUT2D eigenvalue weighted by Gasteiger charge is 2.09. The lowest BCUT2D eigenvalue weighted by Crippen LogP contribution is -2.15. The van der Waals surface area contributed by atoms with Gasteiger partial charge in [0.2, 0.25) is 0 Å². The van der Waals surface area contributed by atoms with Crippen molar-refractivity contribution < 1.29 is 0 Å². The first kappa shape index (κ1) is 13.2. The maximum absolute atomic E-state index is 4.22. The first-order valence-corrected chi connectivity index (χ1v) is 6.43. The van der Waals surface area contributed by atoms with E-state index in [1.807, 2.05) is 25.0 Å². The van der Waals surface area contributed by atoms with Crippen LogP contribution in [-0.2, 0) is 7.05 Å². The fourth-order valence-corrected chi connectivity index (χ4v) is 2.05. The number of hydrogen-bond donors (Lipinski definition) is 1. The lowest BCUT2D eigenvalue weighted by Gasteiger charge is -2.13. The van der Waals surface area contributed by atoms with Crippen molar-refractivity contribution in [2.24, 2.45) is 7.05 Å². The van der Waals surface area contributed by atoms with Gasteiger partial charge in [0.1, 0.15) is 0 Å². The highest BCUT2D eigenvalue weighted by Crippen LogP contribution is 2.19. The summed E-state index contributed by atoms with van der Waals surface area (Å²) < 4.78 is 1.87. The Morgan fingerprint density at radius 1 is 1.31 bits per heavy atom. The molecule has 3 nitrogen and oxygen atoms in total. The van der Waals surface area contributed by atoms with E-state index >= 15 is 0 Å². The van der Waals surface area contributed by atoms with Crippen LogP contribution in [0.1, 0.15) is 57.1 Å². The van der Waals surface area contributed by atoms with Crippen molar-refractivity contribution in [3.8, 4) is 0 Å². The number of aromatic nitrogens is 2. The summed E-state index contributed by atoms with van der Waals surface area (Å²) in [5.41, 5.74) is 1.31. The third-order valence-electron chi connectivity index (χ3n) is 3.07. The zero-order valence-corrected chi connectivity index (χ0v) is 10.9. The van der Waals surface area contributed by atoms with Crippen LogP contribution in [0.4, 0.5) is 0 Å². The van der Waals surface area contributed by atoms with Gasteiger partial charge in [0.25, 0.3) is 0 Å². The van der Waals surface area contributed by atoms with E-state index < -0.39 is 0 Å². The largest absolute Gasteiger partial charge is 0.313 e. The van der Waals surface area contributed by atoms with Crippen molar-refractivity contribution in [2.75, 3.05) is 7.05 Å². The van der Waals surface area contributed by atoms with Crippen LogP contribution in [0.2, 0.25) is 0 Å². The van der Waals surface area contributed by atoms with E-state index in [4.69, 9.17) is 0 Å². The fourth-order valence-electron chi connectivity index (χ4n) is 2.05. The van der Waals surface area contributed by atoms with Crippen molar-refractivity contribution in [1.29, 1.82) is 0 Å². The molecular weight excluding hydrogens is 198 g/mol. The minimum absolute atomic E-state index is 0.468. The standard InChI is InChI=1S/C13H25N3/c1-4-5-6-7-8-9-13(14-2)12-10-15-16(3)11-12/h10-11,13-14H,4-9H2,1-3H3. The molecule has 0 bridgehead atoms. The molecule has 1 rings (SSSR count).